The van der Waals surface area contributed by atoms with Crippen molar-refractivity contribution in [3.63, 3.8) is 0 Å². The van der Waals surface area contributed by atoms with Crippen molar-refractivity contribution in [2.24, 2.45) is 0 Å². The van der Waals surface area contributed by atoms with E-state index in [1.54, 1.807) is 0 Å². The Morgan fingerprint density at radius 2 is 1.89 bits per heavy atom. The molecule has 2 aromatic carbocycles. The zero-order valence-electron chi connectivity index (χ0n) is 17.6. The van der Waals surface area contributed by atoms with Gasteiger partial charge in [-0.2, -0.15) is 0 Å². The molecule has 0 radical (unpaired) electrons. The summed E-state index contributed by atoms with van der Waals surface area (Å²) in [5.41, 5.74) is 9.06. The van der Waals surface area contributed by atoms with E-state index < -0.39 is 0 Å². The summed E-state index contributed by atoms with van der Waals surface area (Å²) in [5, 5.41) is 9.64. The Labute approximate surface area is 169 Å². The maximum Gasteiger partial charge on any atom is 0.158 e. The highest BCUT2D eigenvalue weighted by Crippen LogP contribution is 2.54. The Bertz CT molecular complexity index is 1090. The fourth-order valence-corrected chi connectivity index (χ4v) is 5.28. The van der Waals surface area contributed by atoms with Crippen molar-refractivity contribution in [2.45, 2.75) is 57.5 Å². The summed E-state index contributed by atoms with van der Waals surface area (Å²) in [6.45, 7) is 11.7. The Balaban J connectivity index is 1.90. The first-order valence-electron chi connectivity index (χ1n) is 10.6. The molecule has 1 aliphatic carbocycles. The summed E-state index contributed by atoms with van der Waals surface area (Å²) >= 11 is 0. The van der Waals surface area contributed by atoms with E-state index in [0.29, 0.717) is 5.92 Å². The molecule has 0 N–H and O–H groups in total. The average Bonchev–Trinajstić information content (AvgIpc) is 3.24. The van der Waals surface area contributed by atoms with Crippen LogP contribution in [0.15, 0.2) is 42.5 Å². The van der Waals surface area contributed by atoms with Crippen LogP contribution in [0.2, 0.25) is 19.0 Å². The van der Waals surface area contributed by atoms with E-state index >= 15 is 0 Å². The molecule has 0 saturated heterocycles. The van der Waals surface area contributed by atoms with Gasteiger partial charge in [-0.25, -0.2) is 4.68 Å². The summed E-state index contributed by atoms with van der Waals surface area (Å²) < 4.78 is 2.19. The second kappa shape index (κ2) is 5.85. The summed E-state index contributed by atoms with van der Waals surface area (Å²) in [6, 6.07) is 15.7. The highest BCUT2D eigenvalue weighted by atomic mass is 15.5. The molecule has 2 atom stereocenters. The standard InChI is InChI=1S/C23H27B2N3/c1-22(2,24-4)18-13-14-9-8-12-17-19(14)21-20(16-11-7-6-10-15(16)18)26-27-28(21)23(17,3)25-5/h6-12,18,24-25H,13H2,1-5H3/t18?,23-/m0/s1. The first-order chi connectivity index (χ1) is 13.4. The molecule has 28 heavy (non-hydrogen) atoms. The van der Waals surface area contributed by atoms with Crippen molar-refractivity contribution in [1.82, 2.24) is 15.0 Å². The molecule has 0 saturated carbocycles. The Kier molecular flexibility index (Phi) is 3.72. The van der Waals surface area contributed by atoms with Crippen molar-refractivity contribution in [2.75, 3.05) is 0 Å². The lowest BCUT2D eigenvalue weighted by Gasteiger charge is -2.36. The third kappa shape index (κ3) is 2.13. The third-order valence-corrected chi connectivity index (χ3v) is 7.66. The van der Waals surface area contributed by atoms with Crippen molar-refractivity contribution < 1.29 is 0 Å². The molecule has 140 valence electrons. The SMILES string of the molecule is CBC(C)(C)C1Cc2cccc3c2-c2c(nnn2[C@]3(C)BC)-c2ccccc21. The Morgan fingerprint density at radius 3 is 2.64 bits per heavy atom. The van der Waals surface area contributed by atoms with Crippen molar-refractivity contribution in [3.8, 4) is 22.5 Å². The molecule has 5 rings (SSSR count). The molecular weight excluding hydrogens is 340 g/mol. The molecule has 0 bridgehead atoms. The van der Waals surface area contributed by atoms with Gasteiger partial charge in [0, 0.05) is 11.1 Å². The second-order valence-electron chi connectivity index (χ2n) is 9.35. The average molecular weight is 367 g/mol. The van der Waals surface area contributed by atoms with Crippen LogP contribution in [0.1, 0.15) is 43.4 Å². The number of rotatable bonds is 3. The van der Waals surface area contributed by atoms with Gasteiger partial charge in [0.15, 0.2) is 7.28 Å². The molecule has 2 aliphatic rings. The van der Waals surface area contributed by atoms with Crippen LogP contribution in [0.3, 0.4) is 0 Å². The number of aromatic nitrogens is 3. The maximum atomic E-state index is 4.74. The van der Waals surface area contributed by atoms with E-state index in [1.165, 1.54) is 33.5 Å². The Morgan fingerprint density at radius 1 is 1.11 bits per heavy atom. The molecule has 5 heteroatoms. The van der Waals surface area contributed by atoms with Crippen LogP contribution >= 0.6 is 0 Å². The van der Waals surface area contributed by atoms with E-state index in [0.717, 1.165) is 26.7 Å². The molecule has 1 unspecified atom stereocenters. The third-order valence-electron chi connectivity index (χ3n) is 7.66. The number of hydrogen-bond donors (Lipinski definition) is 0. The fraction of sp³-hybridized carbons (Fsp3) is 0.391. The minimum absolute atomic E-state index is 0.124. The molecule has 0 fully saturated rings. The van der Waals surface area contributed by atoms with E-state index in [-0.39, 0.29) is 10.8 Å². The molecule has 2 heterocycles. The first kappa shape index (κ1) is 17.8. The number of fused-ring (bicyclic) bond motifs is 2. The van der Waals surface area contributed by atoms with Crippen molar-refractivity contribution >= 4 is 14.6 Å². The van der Waals surface area contributed by atoms with E-state index in [2.05, 4.69) is 81.6 Å². The van der Waals surface area contributed by atoms with Crippen LogP contribution in [-0.4, -0.2) is 29.6 Å². The quantitative estimate of drug-likeness (QED) is 0.641. The smallest absolute Gasteiger partial charge is 0.158 e. The molecule has 0 amide bonds. The normalized spacial score (nSPS) is 22.1. The maximum absolute atomic E-state index is 4.74. The van der Waals surface area contributed by atoms with Crippen LogP contribution in [0, 0.1) is 0 Å². The van der Waals surface area contributed by atoms with Gasteiger partial charge in [-0.1, -0.05) is 80.5 Å². The van der Waals surface area contributed by atoms with Gasteiger partial charge in [0.2, 0.25) is 0 Å². The van der Waals surface area contributed by atoms with Gasteiger partial charge in [0.1, 0.15) is 13.0 Å². The molecule has 3 aromatic rings. The van der Waals surface area contributed by atoms with Gasteiger partial charge >= 0.3 is 0 Å². The predicted octanol–water partition coefficient (Wildman–Crippen LogP) is 4.45. The second-order valence-corrected chi connectivity index (χ2v) is 9.35. The molecule has 1 aliphatic heterocycles. The van der Waals surface area contributed by atoms with Crippen LogP contribution in [0.5, 0.6) is 0 Å². The van der Waals surface area contributed by atoms with Crippen LogP contribution in [0.4, 0.5) is 0 Å². The van der Waals surface area contributed by atoms with Crippen LogP contribution in [-0.2, 0) is 11.9 Å². The van der Waals surface area contributed by atoms with E-state index in [1.807, 2.05) is 0 Å². The van der Waals surface area contributed by atoms with E-state index in [4.69, 9.17) is 10.3 Å². The van der Waals surface area contributed by atoms with Gasteiger partial charge in [-0.05, 0) is 36.0 Å². The molecular formula is C23H27B2N3. The first-order valence-corrected chi connectivity index (χ1v) is 10.6. The summed E-state index contributed by atoms with van der Waals surface area (Å²) in [5.74, 6) is 0.451. The van der Waals surface area contributed by atoms with Crippen molar-refractivity contribution in [1.29, 1.82) is 0 Å². The Hall–Kier alpha value is -2.29. The monoisotopic (exact) mass is 367 g/mol. The van der Waals surface area contributed by atoms with Gasteiger partial charge in [0.25, 0.3) is 0 Å². The predicted molar refractivity (Wildman–Crippen MR) is 120 cm³/mol. The molecule has 0 spiro atoms. The fourth-order valence-electron chi connectivity index (χ4n) is 5.28. The zero-order valence-corrected chi connectivity index (χ0v) is 17.6. The highest BCUT2D eigenvalue weighted by molar-refractivity contribution is 6.39. The highest BCUT2D eigenvalue weighted by Gasteiger charge is 2.45. The van der Waals surface area contributed by atoms with Gasteiger partial charge in [-0.15, -0.1) is 5.10 Å². The molecule has 3 nitrogen and oxygen atoms in total. The minimum Gasteiger partial charge on any atom is -0.242 e. The number of nitrogens with zero attached hydrogens (tertiary/aromatic N) is 3. The van der Waals surface area contributed by atoms with Gasteiger partial charge in [-0.3, -0.25) is 0 Å². The van der Waals surface area contributed by atoms with Crippen molar-refractivity contribution in [3.05, 3.63) is 59.2 Å². The minimum atomic E-state index is -0.124. The number of benzene rings is 2. The topological polar surface area (TPSA) is 30.7 Å². The lowest BCUT2D eigenvalue weighted by Crippen LogP contribution is -2.34. The lowest BCUT2D eigenvalue weighted by atomic mass is 9.48. The molecule has 1 aromatic heterocycles. The van der Waals surface area contributed by atoms with Gasteiger partial charge in [0.05, 0.1) is 11.1 Å². The van der Waals surface area contributed by atoms with Crippen LogP contribution < -0.4 is 0 Å². The summed E-state index contributed by atoms with van der Waals surface area (Å²) in [6.07, 6.45) is 1.06. The summed E-state index contributed by atoms with van der Waals surface area (Å²) in [4.78, 5) is 0. The lowest BCUT2D eigenvalue weighted by molar-refractivity contribution is 0.500. The summed E-state index contributed by atoms with van der Waals surface area (Å²) in [7, 11) is 2.15. The van der Waals surface area contributed by atoms with Gasteiger partial charge < -0.3 is 0 Å². The largest absolute Gasteiger partial charge is 0.242 e. The van der Waals surface area contributed by atoms with Crippen LogP contribution in [0.25, 0.3) is 22.5 Å². The van der Waals surface area contributed by atoms with E-state index in [9.17, 15) is 0 Å². The number of hydrogen-bond acceptors (Lipinski definition) is 2. The zero-order chi connectivity index (χ0) is 19.7.